The van der Waals surface area contributed by atoms with Crippen molar-refractivity contribution in [3.05, 3.63) is 28.7 Å². The number of halogens is 1. The van der Waals surface area contributed by atoms with E-state index in [-0.39, 0.29) is 5.15 Å². The first-order valence-corrected chi connectivity index (χ1v) is 3.11. The second-order valence-corrected chi connectivity index (χ2v) is 2.35. The van der Waals surface area contributed by atoms with Crippen molar-refractivity contribution >= 4 is 24.2 Å². The van der Waals surface area contributed by atoms with Crippen LogP contribution in [0.15, 0.2) is 23.2 Å². The van der Waals surface area contributed by atoms with E-state index in [1.807, 2.05) is 0 Å². The van der Waals surface area contributed by atoms with E-state index in [0.717, 1.165) is 0 Å². The molecule has 0 fully saturated rings. The van der Waals surface area contributed by atoms with E-state index in [0.29, 0.717) is 9.63 Å². The Kier molecular flexibility index (Phi) is 1.83. The molecule has 1 rings (SSSR count). The van der Waals surface area contributed by atoms with E-state index in [4.69, 9.17) is 11.6 Å². The molecule has 48 valence electrons. The lowest BCUT2D eigenvalue weighted by Gasteiger charge is -1.97. The molecule has 0 spiro atoms. The van der Waals surface area contributed by atoms with Crippen LogP contribution in [0.5, 0.6) is 0 Å². The lowest BCUT2D eigenvalue weighted by Crippen LogP contribution is -2.26. The fraction of sp³-hybridized carbons (Fsp3) is 0. The number of hydrogen-bond acceptors (Lipinski definition) is 2. The predicted molar refractivity (Wildman–Crippen MR) is 37.7 cm³/mol. The Morgan fingerprint density at radius 2 is 2.33 bits per heavy atom. The summed E-state index contributed by atoms with van der Waals surface area (Å²) in [6.07, 6.45) is 1.32. The number of aromatic nitrogens is 1. The van der Waals surface area contributed by atoms with Crippen molar-refractivity contribution in [2.24, 2.45) is 0 Å². The van der Waals surface area contributed by atoms with E-state index >= 15 is 0 Å². The van der Waals surface area contributed by atoms with Crippen molar-refractivity contribution in [2.75, 3.05) is 0 Å². The van der Waals surface area contributed by atoms with Gasteiger partial charge in [-0.3, -0.25) is 0 Å². The Bertz CT molecular complexity index is 208. The van der Waals surface area contributed by atoms with Crippen LogP contribution in [-0.4, -0.2) is 0 Å². The molecule has 0 unspecified atom stereocenters. The average Bonchev–Trinajstić information content (AvgIpc) is 1.83. The second-order valence-electron chi connectivity index (χ2n) is 1.51. The topological polar surface area (TPSA) is 26.9 Å². The Morgan fingerprint density at radius 1 is 1.67 bits per heavy atom. The minimum absolute atomic E-state index is 0.112. The van der Waals surface area contributed by atoms with Gasteiger partial charge in [-0.2, -0.15) is 4.73 Å². The summed E-state index contributed by atoms with van der Waals surface area (Å²) >= 11 is 9.37. The number of pyridine rings is 1. The van der Waals surface area contributed by atoms with Crippen LogP contribution in [0.4, 0.5) is 0 Å². The first-order valence-electron chi connectivity index (χ1n) is 2.28. The van der Waals surface area contributed by atoms with Gasteiger partial charge in [-0.25, -0.2) is 0 Å². The smallest absolute Gasteiger partial charge is 0.299 e. The largest absolute Gasteiger partial charge is 0.618 e. The zero-order chi connectivity index (χ0) is 6.85. The second kappa shape index (κ2) is 2.45. The van der Waals surface area contributed by atoms with Crippen molar-refractivity contribution in [2.45, 2.75) is 4.90 Å². The van der Waals surface area contributed by atoms with E-state index in [2.05, 4.69) is 12.6 Å². The van der Waals surface area contributed by atoms with Gasteiger partial charge in [-0.1, -0.05) is 0 Å². The van der Waals surface area contributed by atoms with Crippen molar-refractivity contribution in [3.63, 3.8) is 0 Å². The van der Waals surface area contributed by atoms with Gasteiger partial charge in [0.25, 0.3) is 5.15 Å². The summed E-state index contributed by atoms with van der Waals surface area (Å²) < 4.78 is 0.559. The van der Waals surface area contributed by atoms with Crippen molar-refractivity contribution in [1.82, 2.24) is 0 Å². The molecule has 0 saturated carbocycles. The molecule has 1 heterocycles. The van der Waals surface area contributed by atoms with E-state index in [1.54, 1.807) is 12.1 Å². The first kappa shape index (κ1) is 6.71. The summed E-state index contributed by atoms with van der Waals surface area (Å²) in [6.45, 7) is 0. The van der Waals surface area contributed by atoms with E-state index in [9.17, 15) is 5.21 Å². The Hall–Kier alpha value is -0.410. The molecule has 0 aromatic carbocycles. The summed E-state index contributed by atoms with van der Waals surface area (Å²) in [7, 11) is 0. The van der Waals surface area contributed by atoms with Crippen LogP contribution in [0, 0.1) is 5.21 Å². The molecule has 1 aromatic rings. The maximum atomic E-state index is 10.6. The zero-order valence-corrected chi connectivity index (χ0v) is 6.06. The summed E-state index contributed by atoms with van der Waals surface area (Å²) in [4.78, 5) is 0.495. The molecular weight excluding hydrogens is 158 g/mol. The third-order valence-corrected chi connectivity index (χ3v) is 1.74. The van der Waals surface area contributed by atoms with E-state index < -0.39 is 0 Å². The average molecular weight is 162 g/mol. The zero-order valence-electron chi connectivity index (χ0n) is 4.41. The lowest BCUT2D eigenvalue weighted by atomic mass is 10.5. The van der Waals surface area contributed by atoms with Gasteiger partial charge in [-0.05, 0) is 17.7 Å². The normalized spacial score (nSPS) is 9.56. The highest BCUT2D eigenvalue weighted by Crippen LogP contribution is 2.12. The molecule has 4 heteroatoms. The number of thiol groups is 1. The predicted octanol–water partition coefficient (Wildman–Crippen LogP) is 1.26. The Balaban J connectivity index is 3.25. The minimum Gasteiger partial charge on any atom is -0.618 e. The maximum Gasteiger partial charge on any atom is 0.299 e. The highest BCUT2D eigenvalue weighted by Gasteiger charge is 2.02. The third kappa shape index (κ3) is 1.28. The van der Waals surface area contributed by atoms with Crippen molar-refractivity contribution in [1.29, 1.82) is 0 Å². The van der Waals surface area contributed by atoms with Gasteiger partial charge in [0.2, 0.25) is 0 Å². The van der Waals surface area contributed by atoms with Gasteiger partial charge in [0, 0.05) is 6.07 Å². The van der Waals surface area contributed by atoms with Crippen molar-refractivity contribution < 1.29 is 4.73 Å². The molecule has 0 bridgehead atoms. The summed E-state index contributed by atoms with van der Waals surface area (Å²) in [6, 6.07) is 3.24. The quantitative estimate of drug-likeness (QED) is 0.264. The molecule has 0 N–H and O–H groups in total. The standard InChI is InChI=1S/C5H4ClNOS/c6-5-4(9)2-1-3-7(5)8/h1-3,9H. The maximum absolute atomic E-state index is 10.6. The highest BCUT2D eigenvalue weighted by molar-refractivity contribution is 7.80. The molecular formula is C5H4ClNOS. The van der Waals surface area contributed by atoms with Crippen LogP contribution in [0.25, 0.3) is 0 Å². The lowest BCUT2D eigenvalue weighted by molar-refractivity contribution is -0.605. The monoisotopic (exact) mass is 161 g/mol. The van der Waals surface area contributed by atoms with Crippen LogP contribution in [0.3, 0.4) is 0 Å². The van der Waals surface area contributed by atoms with Gasteiger partial charge in [-0.15, -0.1) is 12.6 Å². The number of hydrogen-bond donors (Lipinski definition) is 1. The summed E-state index contributed by atoms with van der Waals surface area (Å²) in [5.74, 6) is 0. The molecule has 0 saturated heterocycles. The molecule has 1 aromatic heterocycles. The van der Waals surface area contributed by atoms with Gasteiger partial charge in [0.1, 0.15) is 0 Å². The van der Waals surface area contributed by atoms with E-state index in [1.165, 1.54) is 6.20 Å². The molecule has 9 heavy (non-hydrogen) atoms. The number of rotatable bonds is 0. The summed E-state index contributed by atoms with van der Waals surface area (Å²) in [5.41, 5.74) is 0. The Morgan fingerprint density at radius 3 is 2.78 bits per heavy atom. The molecule has 0 radical (unpaired) electrons. The van der Waals surface area contributed by atoms with Gasteiger partial charge in [0.15, 0.2) is 6.20 Å². The van der Waals surface area contributed by atoms with Gasteiger partial charge < -0.3 is 5.21 Å². The number of nitrogens with zero attached hydrogens (tertiary/aromatic N) is 1. The molecule has 0 aliphatic carbocycles. The van der Waals surface area contributed by atoms with Crippen LogP contribution in [0.2, 0.25) is 5.15 Å². The fourth-order valence-electron chi connectivity index (χ4n) is 0.459. The van der Waals surface area contributed by atoms with Crippen molar-refractivity contribution in [3.8, 4) is 0 Å². The van der Waals surface area contributed by atoms with Crippen LogP contribution >= 0.6 is 24.2 Å². The van der Waals surface area contributed by atoms with Gasteiger partial charge in [0.05, 0.1) is 4.90 Å². The minimum atomic E-state index is 0.112. The molecule has 2 nitrogen and oxygen atoms in total. The first-order chi connectivity index (χ1) is 4.22. The molecule has 0 aliphatic heterocycles. The summed E-state index contributed by atoms with van der Waals surface area (Å²) in [5, 5.41) is 10.7. The highest BCUT2D eigenvalue weighted by atomic mass is 35.5. The Labute approximate surface area is 63.1 Å². The molecule has 0 aliphatic rings. The van der Waals surface area contributed by atoms with Crippen LogP contribution < -0.4 is 4.73 Å². The third-order valence-electron chi connectivity index (χ3n) is 0.880. The fourth-order valence-corrected chi connectivity index (χ4v) is 0.763. The van der Waals surface area contributed by atoms with Crippen LogP contribution in [-0.2, 0) is 0 Å². The SMILES string of the molecule is [O-][n+]1cccc(S)c1Cl. The van der Waals surface area contributed by atoms with Crippen LogP contribution in [0.1, 0.15) is 0 Å². The molecule has 0 atom stereocenters. The van der Waals surface area contributed by atoms with Gasteiger partial charge >= 0.3 is 0 Å². The molecule has 0 amide bonds.